The molecule has 4 fully saturated rings. The molecule has 3 atom stereocenters. The Morgan fingerprint density at radius 3 is 2.44 bits per heavy atom. The molecule has 1 amide bonds. The molecular weight excluding hydrogens is 492 g/mol. The quantitative estimate of drug-likeness (QED) is 0.443. The van der Waals surface area contributed by atoms with Crippen LogP contribution in [0.1, 0.15) is 83.5 Å². The number of fused-ring (bicyclic) bond motifs is 2. The highest BCUT2D eigenvalue weighted by Crippen LogP contribution is 2.61. The van der Waals surface area contributed by atoms with Crippen molar-refractivity contribution in [3.05, 3.63) is 28.2 Å². The lowest BCUT2D eigenvalue weighted by atomic mass is 9.45. The number of nitrogens with one attached hydrogen (secondary N) is 1. The van der Waals surface area contributed by atoms with Gasteiger partial charge in [0, 0.05) is 30.5 Å². The maximum atomic E-state index is 12.7. The summed E-state index contributed by atoms with van der Waals surface area (Å²) in [4.78, 5) is 27.4. The maximum absolute atomic E-state index is 12.7. The zero-order valence-electron chi connectivity index (χ0n) is 21.5. The number of hydrogen-bond donors (Lipinski definition) is 1. The lowest BCUT2D eigenvalue weighted by Crippen LogP contribution is -2.54. The Bertz CT molecular complexity index is 913. The standard InChI is InChI=1S/C28H41BrN2O3/c1-27(2,3)34-26(33)19-7-9-24(23(29)15-19)31-12-10-18(11-13-31)14-25(32)30-17-20-6-8-21-16-22(20)28(21,4)5/h7,9,15,18,20-22H,6,8,10-14,16-17H2,1-5H3,(H,30,32)/t20-,21-,22-/m1/s1. The molecular formula is C28H41BrN2O3. The van der Waals surface area contributed by atoms with Gasteiger partial charge in [-0.05, 0) is 116 Å². The molecule has 3 saturated carbocycles. The first-order valence-electron chi connectivity index (χ1n) is 13.0. The van der Waals surface area contributed by atoms with Crippen LogP contribution in [0.2, 0.25) is 0 Å². The molecule has 1 aromatic carbocycles. The van der Waals surface area contributed by atoms with Crippen LogP contribution in [-0.2, 0) is 9.53 Å². The zero-order valence-corrected chi connectivity index (χ0v) is 23.0. The summed E-state index contributed by atoms with van der Waals surface area (Å²) in [6.07, 6.45) is 6.62. The summed E-state index contributed by atoms with van der Waals surface area (Å²) < 4.78 is 6.38. The van der Waals surface area contributed by atoms with E-state index >= 15 is 0 Å². The van der Waals surface area contributed by atoms with E-state index in [0.29, 0.717) is 29.2 Å². The van der Waals surface area contributed by atoms with Gasteiger partial charge in [0.2, 0.25) is 5.91 Å². The van der Waals surface area contributed by atoms with Gasteiger partial charge >= 0.3 is 5.97 Å². The Morgan fingerprint density at radius 1 is 1.15 bits per heavy atom. The van der Waals surface area contributed by atoms with E-state index in [4.69, 9.17) is 4.74 Å². The Balaban J connectivity index is 1.22. The number of piperidine rings is 1. The minimum Gasteiger partial charge on any atom is -0.456 e. The number of carbonyl (C=O) groups is 2. The second-order valence-corrected chi connectivity index (χ2v) is 13.2. The maximum Gasteiger partial charge on any atom is 0.338 e. The Labute approximate surface area is 213 Å². The predicted octanol–water partition coefficient (Wildman–Crippen LogP) is 6.20. The van der Waals surface area contributed by atoms with Crippen molar-refractivity contribution < 1.29 is 14.3 Å². The van der Waals surface area contributed by atoms with Crippen molar-refractivity contribution in [3.8, 4) is 0 Å². The van der Waals surface area contributed by atoms with Crippen LogP contribution in [0.25, 0.3) is 0 Å². The van der Waals surface area contributed by atoms with E-state index < -0.39 is 5.60 Å². The Hall–Kier alpha value is -1.56. The molecule has 1 heterocycles. The fourth-order valence-electron chi connectivity index (χ4n) is 6.39. The average molecular weight is 534 g/mol. The van der Waals surface area contributed by atoms with E-state index in [1.54, 1.807) is 0 Å². The van der Waals surface area contributed by atoms with E-state index in [0.717, 1.165) is 54.5 Å². The monoisotopic (exact) mass is 532 g/mol. The average Bonchev–Trinajstić information content (AvgIpc) is 2.77. The number of amides is 1. The van der Waals surface area contributed by atoms with Crippen molar-refractivity contribution in [1.82, 2.24) is 5.32 Å². The summed E-state index contributed by atoms with van der Waals surface area (Å²) in [5.74, 6) is 2.70. The zero-order chi connectivity index (χ0) is 24.7. The Morgan fingerprint density at radius 2 is 1.85 bits per heavy atom. The molecule has 0 spiro atoms. The van der Waals surface area contributed by atoms with Gasteiger partial charge in [-0.3, -0.25) is 4.79 Å². The summed E-state index contributed by atoms with van der Waals surface area (Å²) in [5, 5.41) is 3.27. The van der Waals surface area contributed by atoms with E-state index in [9.17, 15) is 9.59 Å². The van der Waals surface area contributed by atoms with Gasteiger partial charge in [0.05, 0.1) is 11.3 Å². The van der Waals surface area contributed by atoms with Gasteiger partial charge in [0.1, 0.15) is 5.60 Å². The van der Waals surface area contributed by atoms with Gasteiger partial charge in [0.25, 0.3) is 0 Å². The second-order valence-electron chi connectivity index (χ2n) is 12.3. The number of esters is 1. The van der Waals surface area contributed by atoms with Gasteiger partial charge in [-0.1, -0.05) is 13.8 Å². The van der Waals surface area contributed by atoms with Crippen molar-refractivity contribution in [1.29, 1.82) is 0 Å². The molecule has 5 rings (SSSR count). The van der Waals surface area contributed by atoms with Gasteiger partial charge in [-0.25, -0.2) is 4.79 Å². The number of rotatable bonds is 6. The lowest BCUT2D eigenvalue weighted by Gasteiger charge is -2.60. The minimum atomic E-state index is -0.510. The van der Waals surface area contributed by atoms with E-state index in [1.165, 1.54) is 19.3 Å². The fourth-order valence-corrected chi connectivity index (χ4v) is 7.02. The summed E-state index contributed by atoms with van der Waals surface area (Å²) in [7, 11) is 0. The highest BCUT2D eigenvalue weighted by Gasteiger charge is 2.53. The highest BCUT2D eigenvalue weighted by molar-refractivity contribution is 9.10. The van der Waals surface area contributed by atoms with Crippen molar-refractivity contribution in [2.45, 2.75) is 78.7 Å². The third-order valence-electron chi connectivity index (χ3n) is 8.57. The molecule has 3 aliphatic carbocycles. The fraction of sp³-hybridized carbons (Fsp3) is 0.714. The largest absolute Gasteiger partial charge is 0.456 e. The molecule has 4 aliphatic rings. The molecule has 34 heavy (non-hydrogen) atoms. The summed E-state index contributed by atoms with van der Waals surface area (Å²) in [6.45, 7) is 13.1. The molecule has 1 aromatic rings. The van der Waals surface area contributed by atoms with Crippen LogP contribution in [0.3, 0.4) is 0 Å². The van der Waals surface area contributed by atoms with E-state index in [2.05, 4.69) is 40.0 Å². The molecule has 0 radical (unpaired) electrons. The molecule has 6 heteroatoms. The summed E-state index contributed by atoms with van der Waals surface area (Å²) in [5.41, 5.74) is 1.61. The molecule has 0 aromatic heterocycles. The molecule has 1 saturated heterocycles. The van der Waals surface area contributed by atoms with Crippen molar-refractivity contribution in [3.63, 3.8) is 0 Å². The molecule has 0 unspecified atom stereocenters. The number of benzene rings is 1. The number of carbonyl (C=O) groups excluding carboxylic acids is 2. The molecule has 5 nitrogen and oxygen atoms in total. The van der Waals surface area contributed by atoms with Gasteiger partial charge in [-0.2, -0.15) is 0 Å². The van der Waals surface area contributed by atoms with Crippen molar-refractivity contribution >= 4 is 33.5 Å². The number of nitrogens with zero attached hydrogens (tertiary/aromatic N) is 1. The van der Waals surface area contributed by atoms with Gasteiger partial charge in [-0.15, -0.1) is 0 Å². The lowest BCUT2D eigenvalue weighted by molar-refractivity contribution is -0.125. The number of anilines is 1. The van der Waals surface area contributed by atoms with Gasteiger partial charge in [0.15, 0.2) is 0 Å². The topological polar surface area (TPSA) is 58.6 Å². The van der Waals surface area contributed by atoms with Crippen LogP contribution >= 0.6 is 15.9 Å². The van der Waals surface area contributed by atoms with Crippen molar-refractivity contribution in [2.75, 3.05) is 24.5 Å². The minimum absolute atomic E-state index is 0.223. The normalized spacial score (nSPS) is 26.5. The predicted molar refractivity (Wildman–Crippen MR) is 140 cm³/mol. The van der Waals surface area contributed by atoms with Crippen LogP contribution in [0.5, 0.6) is 0 Å². The van der Waals surface area contributed by atoms with E-state index in [-0.39, 0.29) is 11.9 Å². The third kappa shape index (κ3) is 5.63. The number of halogens is 1. The second kappa shape index (κ2) is 9.83. The summed E-state index contributed by atoms with van der Waals surface area (Å²) in [6, 6.07) is 5.68. The van der Waals surface area contributed by atoms with E-state index in [1.807, 2.05) is 39.0 Å². The van der Waals surface area contributed by atoms with Crippen molar-refractivity contribution in [2.24, 2.45) is 29.1 Å². The Kier molecular flexibility index (Phi) is 7.38. The smallest absolute Gasteiger partial charge is 0.338 e. The molecule has 2 bridgehead atoms. The number of hydrogen-bond acceptors (Lipinski definition) is 4. The molecule has 188 valence electrons. The van der Waals surface area contributed by atoms with Crippen LogP contribution in [0, 0.1) is 29.1 Å². The first kappa shape index (κ1) is 25.5. The first-order valence-corrected chi connectivity index (χ1v) is 13.8. The SMILES string of the molecule is CC(C)(C)OC(=O)c1ccc(N2CCC(CC(=O)NC[C@H]3CC[C@@H]4C[C@H]3C4(C)C)CC2)c(Br)c1. The highest BCUT2D eigenvalue weighted by atomic mass is 79.9. The third-order valence-corrected chi connectivity index (χ3v) is 9.21. The van der Waals surface area contributed by atoms with Crippen LogP contribution in [0.15, 0.2) is 22.7 Å². The summed E-state index contributed by atoms with van der Waals surface area (Å²) >= 11 is 3.65. The molecule has 1 aliphatic heterocycles. The van der Waals surface area contributed by atoms with Crippen LogP contribution in [0.4, 0.5) is 5.69 Å². The number of ether oxygens (including phenoxy) is 1. The first-order chi connectivity index (χ1) is 15.9. The van der Waals surface area contributed by atoms with Crippen LogP contribution < -0.4 is 10.2 Å². The van der Waals surface area contributed by atoms with Gasteiger partial charge < -0.3 is 15.0 Å². The molecule has 1 N–H and O–H groups in total. The van der Waals surface area contributed by atoms with Crippen LogP contribution in [-0.4, -0.2) is 37.1 Å².